The van der Waals surface area contributed by atoms with Gasteiger partial charge in [0.2, 0.25) is 5.91 Å². The molecule has 5 heteroatoms. The third kappa shape index (κ3) is 3.17. The molecular weight excluding hydrogens is 417 g/mol. The number of benzene rings is 2. The van der Waals surface area contributed by atoms with Crippen molar-refractivity contribution in [2.75, 3.05) is 5.32 Å². The molecular formula is C16H12Br2ClNO. The minimum Gasteiger partial charge on any atom is -0.326 e. The maximum atomic E-state index is 11.4. The van der Waals surface area contributed by atoms with E-state index in [2.05, 4.69) is 43.2 Å². The topological polar surface area (TPSA) is 29.1 Å². The maximum absolute atomic E-state index is 11.4. The lowest BCUT2D eigenvalue weighted by Gasteiger charge is -2.20. The molecule has 1 aliphatic rings. The minimum absolute atomic E-state index is 0.0189. The number of halogens is 3. The Morgan fingerprint density at radius 2 is 1.95 bits per heavy atom. The third-order valence-corrected chi connectivity index (χ3v) is 5.41. The molecule has 0 fully saturated rings. The van der Waals surface area contributed by atoms with Gasteiger partial charge < -0.3 is 5.32 Å². The first-order valence-electron chi connectivity index (χ1n) is 6.56. The van der Waals surface area contributed by atoms with Gasteiger partial charge >= 0.3 is 0 Å². The number of rotatable bonds is 2. The molecule has 1 amide bonds. The summed E-state index contributed by atoms with van der Waals surface area (Å²) in [5, 5.41) is 3.63. The summed E-state index contributed by atoms with van der Waals surface area (Å²) in [4.78, 5) is 11.4. The number of alkyl halides is 1. The molecule has 0 spiro atoms. The molecule has 21 heavy (non-hydrogen) atoms. The molecule has 0 saturated carbocycles. The van der Waals surface area contributed by atoms with Crippen LogP contribution in [0.5, 0.6) is 0 Å². The van der Waals surface area contributed by atoms with Crippen LogP contribution in [0.2, 0.25) is 5.02 Å². The van der Waals surface area contributed by atoms with Gasteiger partial charge in [0, 0.05) is 21.6 Å². The van der Waals surface area contributed by atoms with Gasteiger partial charge in [0.15, 0.2) is 0 Å². The molecule has 1 unspecified atom stereocenters. The van der Waals surface area contributed by atoms with E-state index in [1.54, 1.807) is 0 Å². The van der Waals surface area contributed by atoms with Crippen molar-refractivity contribution in [1.29, 1.82) is 0 Å². The van der Waals surface area contributed by atoms with Gasteiger partial charge in [-0.1, -0.05) is 55.6 Å². The smallest absolute Gasteiger partial charge is 0.224 e. The second kappa shape index (κ2) is 6.11. The van der Waals surface area contributed by atoms with Crippen molar-refractivity contribution in [2.24, 2.45) is 0 Å². The Morgan fingerprint density at radius 3 is 2.76 bits per heavy atom. The van der Waals surface area contributed by atoms with E-state index in [-0.39, 0.29) is 10.7 Å². The Hall–Kier alpha value is -0.840. The van der Waals surface area contributed by atoms with E-state index in [0.717, 1.165) is 32.7 Å². The molecule has 1 atom stereocenters. The lowest BCUT2D eigenvalue weighted by atomic mass is 9.97. The second-order valence-electron chi connectivity index (χ2n) is 4.99. The molecule has 1 aliphatic heterocycles. The van der Waals surface area contributed by atoms with Crippen LogP contribution in [0.15, 0.2) is 40.9 Å². The van der Waals surface area contributed by atoms with Crippen LogP contribution in [0.4, 0.5) is 5.69 Å². The first-order chi connectivity index (χ1) is 10.0. The average Bonchev–Trinajstić information content (AvgIpc) is 2.48. The summed E-state index contributed by atoms with van der Waals surface area (Å²) in [6.45, 7) is 0. The zero-order valence-electron chi connectivity index (χ0n) is 11.0. The van der Waals surface area contributed by atoms with Crippen molar-refractivity contribution >= 4 is 55.1 Å². The van der Waals surface area contributed by atoms with Gasteiger partial charge in [-0.3, -0.25) is 4.79 Å². The van der Waals surface area contributed by atoms with Crippen molar-refractivity contribution in [3.8, 4) is 0 Å². The van der Waals surface area contributed by atoms with Gasteiger partial charge in [0.1, 0.15) is 0 Å². The molecule has 2 aromatic rings. The van der Waals surface area contributed by atoms with E-state index >= 15 is 0 Å². The van der Waals surface area contributed by atoms with Crippen LogP contribution < -0.4 is 5.32 Å². The fraction of sp³-hybridized carbons (Fsp3) is 0.188. The number of carbonyl (C=O) groups is 1. The number of hydrogen-bond acceptors (Lipinski definition) is 1. The van der Waals surface area contributed by atoms with Crippen LogP contribution >= 0.6 is 43.5 Å². The van der Waals surface area contributed by atoms with Crippen LogP contribution in [-0.2, 0) is 11.2 Å². The van der Waals surface area contributed by atoms with E-state index in [4.69, 9.17) is 11.6 Å². The zero-order chi connectivity index (χ0) is 15.0. The molecule has 2 nitrogen and oxygen atoms in total. The van der Waals surface area contributed by atoms with Gasteiger partial charge in [-0.05, 0) is 47.4 Å². The van der Waals surface area contributed by atoms with E-state index in [9.17, 15) is 4.79 Å². The predicted molar refractivity (Wildman–Crippen MR) is 93.3 cm³/mol. The summed E-state index contributed by atoms with van der Waals surface area (Å²) in [5.41, 5.74) is 4.23. The zero-order valence-corrected chi connectivity index (χ0v) is 14.9. The number of amides is 1. The summed E-state index contributed by atoms with van der Waals surface area (Å²) < 4.78 is 0.997. The van der Waals surface area contributed by atoms with Crippen LogP contribution in [0.1, 0.15) is 27.9 Å². The standard InChI is InChI=1S/C16H12Br2ClNO/c17-11-3-4-13(19)12(8-11)16(18)10-1-5-14-9(7-10)2-6-15(21)20-14/h1,3-5,7-8,16H,2,6H2,(H,20,21). The summed E-state index contributed by atoms with van der Waals surface area (Å²) in [6.07, 6.45) is 1.32. The Bertz CT molecular complexity index is 717. The monoisotopic (exact) mass is 427 g/mol. The molecule has 3 rings (SSSR count). The number of anilines is 1. The fourth-order valence-electron chi connectivity index (χ4n) is 2.45. The van der Waals surface area contributed by atoms with Gasteiger partial charge in [-0.25, -0.2) is 0 Å². The van der Waals surface area contributed by atoms with Crippen molar-refractivity contribution in [2.45, 2.75) is 17.7 Å². The van der Waals surface area contributed by atoms with Crippen molar-refractivity contribution < 1.29 is 4.79 Å². The largest absolute Gasteiger partial charge is 0.326 e. The maximum Gasteiger partial charge on any atom is 0.224 e. The van der Waals surface area contributed by atoms with Gasteiger partial charge in [-0.2, -0.15) is 0 Å². The quantitative estimate of drug-likeness (QED) is 0.630. The van der Waals surface area contributed by atoms with Crippen LogP contribution in [0.3, 0.4) is 0 Å². The number of aryl methyl sites for hydroxylation is 1. The van der Waals surface area contributed by atoms with E-state index in [0.29, 0.717) is 6.42 Å². The first kappa shape index (κ1) is 15.1. The Balaban J connectivity index is 1.97. The SMILES string of the molecule is O=C1CCc2cc(C(Br)c3cc(Br)ccc3Cl)ccc2N1. The molecule has 108 valence electrons. The summed E-state index contributed by atoms with van der Waals surface area (Å²) in [7, 11) is 0. The highest BCUT2D eigenvalue weighted by Gasteiger charge is 2.19. The van der Waals surface area contributed by atoms with E-state index in [1.807, 2.05) is 30.3 Å². The molecule has 0 saturated heterocycles. The van der Waals surface area contributed by atoms with Crippen LogP contribution in [0.25, 0.3) is 0 Å². The summed E-state index contributed by atoms with van der Waals surface area (Å²) in [6, 6.07) is 11.9. The minimum atomic E-state index is 0.0189. The highest BCUT2D eigenvalue weighted by Crippen LogP contribution is 2.38. The molecule has 0 bridgehead atoms. The van der Waals surface area contributed by atoms with Crippen LogP contribution in [-0.4, -0.2) is 5.91 Å². The normalized spacial score (nSPS) is 15.3. The predicted octanol–water partition coefficient (Wildman–Crippen LogP) is 5.47. The Morgan fingerprint density at radius 1 is 1.14 bits per heavy atom. The number of nitrogens with one attached hydrogen (secondary N) is 1. The highest BCUT2D eigenvalue weighted by molar-refractivity contribution is 9.10. The summed E-state index contributed by atoms with van der Waals surface area (Å²) in [5.74, 6) is 0.0840. The highest BCUT2D eigenvalue weighted by atomic mass is 79.9. The van der Waals surface area contributed by atoms with Crippen LogP contribution in [0, 0.1) is 0 Å². The molecule has 0 radical (unpaired) electrons. The number of carbonyl (C=O) groups excluding carboxylic acids is 1. The number of fused-ring (bicyclic) bond motifs is 1. The van der Waals surface area contributed by atoms with Crippen molar-refractivity contribution in [3.05, 3.63) is 62.6 Å². The van der Waals surface area contributed by atoms with Gasteiger partial charge in [-0.15, -0.1) is 0 Å². The molecule has 1 heterocycles. The average molecular weight is 430 g/mol. The van der Waals surface area contributed by atoms with Gasteiger partial charge in [0.05, 0.1) is 4.83 Å². The van der Waals surface area contributed by atoms with E-state index in [1.165, 1.54) is 5.56 Å². The Kier molecular flexibility index (Phi) is 4.38. The third-order valence-electron chi connectivity index (χ3n) is 3.55. The lowest BCUT2D eigenvalue weighted by Crippen LogP contribution is -2.19. The number of hydrogen-bond donors (Lipinski definition) is 1. The molecule has 0 aliphatic carbocycles. The summed E-state index contributed by atoms with van der Waals surface area (Å²) >= 11 is 13.5. The van der Waals surface area contributed by atoms with E-state index < -0.39 is 0 Å². The molecule has 1 N–H and O–H groups in total. The van der Waals surface area contributed by atoms with Gasteiger partial charge in [0.25, 0.3) is 0 Å². The fourth-order valence-corrected chi connectivity index (χ4v) is 3.85. The Labute approximate surface area is 145 Å². The second-order valence-corrected chi connectivity index (χ2v) is 7.23. The first-order valence-corrected chi connectivity index (χ1v) is 8.65. The van der Waals surface area contributed by atoms with Crippen molar-refractivity contribution in [3.63, 3.8) is 0 Å². The molecule has 0 aromatic heterocycles. The molecule has 2 aromatic carbocycles. The lowest BCUT2D eigenvalue weighted by molar-refractivity contribution is -0.116. The van der Waals surface area contributed by atoms with Crippen molar-refractivity contribution in [1.82, 2.24) is 0 Å².